The summed E-state index contributed by atoms with van der Waals surface area (Å²) in [6, 6.07) is 0. The highest BCUT2D eigenvalue weighted by Crippen LogP contribution is 2.19. The Labute approximate surface area is 90.6 Å². The van der Waals surface area contributed by atoms with E-state index in [-0.39, 0.29) is 11.9 Å². The topological polar surface area (TPSA) is 46.6 Å². The summed E-state index contributed by atoms with van der Waals surface area (Å²) in [5.74, 6) is -0.336. The Morgan fingerprint density at radius 1 is 1.47 bits per heavy atom. The minimum absolute atomic E-state index is 0.150. The van der Waals surface area contributed by atoms with E-state index in [1.54, 1.807) is 4.90 Å². The van der Waals surface area contributed by atoms with Crippen molar-refractivity contribution in [1.82, 2.24) is 4.90 Å². The number of likely N-dealkylation sites (tertiary alicyclic amines) is 1. The van der Waals surface area contributed by atoms with Gasteiger partial charge >= 0.3 is 5.97 Å². The van der Waals surface area contributed by atoms with Crippen LogP contribution in [0.15, 0.2) is 0 Å². The summed E-state index contributed by atoms with van der Waals surface area (Å²) in [4.78, 5) is 23.9. The van der Waals surface area contributed by atoms with Crippen LogP contribution in [0, 0.1) is 5.92 Å². The maximum atomic E-state index is 11.7. The zero-order valence-corrected chi connectivity index (χ0v) is 9.66. The predicted octanol–water partition coefficient (Wildman–Crippen LogP) is 1.20. The molecule has 1 aliphatic rings. The first kappa shape index (κ1) is 12.0. The fourth-order valence-electron chi connectivity index (χ4n) is 1.68. The third kappa shape index (κ3) is 3.90. The minimum atomic E-state index is -0.444. The molecule has 1 saturated heterocycles. The van der Waals surface area contributed by atoms with Gasteiger partial charge in [-0.2, -0.15) is 0 Å². The van der Waals surface area contributed by atoms with Crippen LogP contribution in [0.2, 0.25) is 0 Å². The monoisotopic (exact) mass is 213 g/mol. The lowest BCUT2D eigenvalue weighted by Gasteiger charge is -2.30. The van der Waals surface area contributed by atoms with Crippen LogP contribution < -0.4 is 0 Å². The number of piperidine rings is 1. The van der Waals surface area contributed by atoms with Gasteiger partial charge in [-0.3, -0.25) is 9.59 Å². The van der Waals surface area contributed by atoms with Crippen LogP contribution in [0.3, 0.4) is 0 Å². The van der Waals surface area contributed by atoms with E-state index >= 15 is 0 Å². The Bertz CT molecular complexity index is 245. The molecule has 0 radical (unpaired) electrons. The molecule has 86 valence electrons. The number of rotatable bonds is 2. The second kappa shape index (κ2) is 4.64. The molecule has 1 fully saturated rings. The first-order valence-electron chi connectivity index (χ1n) is 5.34. The van der Waals surface area contributed by atoms with Gasteiger partial charge in [0, 0.05) is 13.1 Å². The lowest BCUT2D eigenvalue weighted by atomic mass is 9.98. The normalized spacial score (nSPS) is 22.3. The number of esters is 1. The van der Waals surface area contributed by atoms with Crippen molar-refractivity contribution < 1.29 is 14.3 Å². The average Bonchev–Trinajstić information content (AvgIpc) is 2.15. The van der Waals surface area contributed by atoms with E-state index in [9.17, 15) is 9.59 Å². The van der Waals surface area contributed by atoms with Crippen molar-refractivity contribution in [2.45, 2.75) is 39.2 Å². The molecule has 0 N–H and O–H groups in total. The fraction of sp³-hybridized carbons (Fsp3) is 0.818. The van der Waals surface area contributed by atoms with Crippen molar-refractivity contribution in [3.8, 4) is 0 Å². The van der Waals surface area contributed by atoms with Crippen molar-refractivity contribution in [1.29, 1.82) is 0 Å². The highest BCUT2D eigenvalue weighted by atomic mass is 16.6. The lowest BCUT2D eigenvalue weighted by molar-refractivity contribution is -0.162. The number of ether oxygens (including phenoxy) is 1. The molecule has 0 saturated carbocycles. The summed E-state index contributed by atoms with van der Waals surface area (Å²) in [6.07, 6.45) is 2.50. The molecule has 4 heteroatoms. The van der Waals surface area contributed by atoms with Crippen LogP contribution in [0.1, 0.15) is 33.6 Å². The van der Waals surface area contributed by atoms with E-state index in [1.165, 1.54) is 0 Å². The molecular weight excluding hydrogens is 194 g/mol. The van der Waals surface area contributed by atoms with E-state index < -0.39 is 5.60 Å². The van der Waals surface area contributed by atoms with Crippen LogP contribution in [0.5, 0.6) is 0 Å². The highest BCUT2D eigenvalue weighted by molar-refractivity contribution is 5.73. The van der Waals surface area contributed by atoms with Crippen LogP contribution in [0.25, 0.3) is 0 Å². The van der Waals surface area contributed by atoms with Gasteiger partial charge in [-0.25, -0.2) is 0 Å². The molecular formula is C11H19NO3. The Morgan fingerprint density at radius 2 is 2.13 bits per heavy atom. The number of amides is 1. The molecule has 0 aromatic heterocycles. The van der Waals surface area contributed by atoms with Crippen molar-refractivity contribution >= 4 is 12.4 Å². The molecule has 1 amide bonds. The lowest BCUT2D eigenvalue weighted by Crippen LogP contribution is -2.40. The first-order chi connectivity index (χ1) is 6.92. The number of carbonyl (C=O) groups is 2. The molecule has 1 unspecified atom stereocenters. The molecule has 4 nitrogen and oxygen atoms in total. The van der Waals surface area contributed by atoms with E-state index in [1.807, 2.05) is 20.8 Å². The highest BCUT2D eigenvalue weighted by Gasteiger charge is 2.29. The summed E-state index contributed by atoms with van der Waals surface area (Å²) in [5.41, 5.74) is -0.444. The molecule has 1 heterocycles. The average molecular weight is 213 g/mol. The van der Waals surface area contributed by atoms with Crippen molar-refractivity contribution in [2.75, 3.05) is 13.1 Å². The molecule has 1 rings (SSSR count). The van der Waals surface area contributed by atoms with E-state index in [2.05, 4.69) is 0 Å². The summed E-state index contributed by atoms with van der Waals surface area (Å²) in [7, 11) is 0. The third-order valence-electron chi connectivity index (χ3n) is 2.34. The van der Waals surface area contributed by atoms with Crippen molar-refractivity contribution in [3.05, 3.63) is 0 Å². The summed E-state index contributed by atoms with van der Waals surface area (Å²) in [5, 5.41) is 0. The quantitative estimate of drug-likeness (QED) is 0.511. The van der Waals surface area contributed by atoms with Gasteiger partial charge in [0.15, 0.2) is 0 Å². The van der Waals surface area contributed by atoms with Gasteiger partial charge in [-0.15, -0.1) is 0 Å². The molecule has 0 spiro atoms. The summed E-state index contributed by atoms with van der Waals surface area (Å²) >= 11 is 0. The largest absolute Gasteiger partial charge is 0.460 e. The van der Waals surface area contributed by atoms with E-state index in [0.717, 1.165) is 25.8 Å². The summed E-state index contributed by atoms with van der Waals surface area (Å²) in [6.45, 7) is 6.81. The molecule has 0 bridgehead atoms. The number of carbonyl (C=O) groups excluding carboxylic acids is 2. The smallest absolute Gasteiger partial charge is 0.311 e. The third-order valence-corrected chi connectivity index (χ3v) is 2.34. The summed E-state index contributed by atoms with van der Waals surface area (Å²) < 4.78 is 5.29. The SMILES string of the molecule is CC(C)(C)OC(=O)C1CCCN(C=O)C1. The predicted molar refractivity (Wildman–Crippen MR) is 56.2 cm³/mol. The van der Waals surface area contributed by atoms with Gasteiger partial charge in [-0.1, -0.05) is 0 Å². The molecule has 0 aromatic rings. The van der Waals surface area contributed by atoms with Crippen LogP contribution in [-0.2, 0) is 14.3 Å². The van der Waals surface area contributed by atoms with Crippen LogP contribution in [0.4, 0.5) is 0 Å². The zero-order valence-electron chi connectivity index (χ0n) is 9.66. The van der Waals surface area contributed by atoms with Gasteiger partial charge in [0.1, 0.15) is 5.60 Å². The molecule has 1 atom stereocenters. The number of hydrogen-bond donors (Lipinski definition) is 0. The fourth-order valence-corrected chi connectivity index (χ4v) is 1.68. The van der Waals surface area contributed by atoms with E-state index in [0.29, 0.717) is 6.54 Å². The number of hydrogen-bond acceptors (Lipinski definition) is 3. The number of nitrogens with zero attached hydrogens (tertiary/aromatic N) is 1. The van der Waals surface area contributed by atoms with Gasteiger partial charge in [-0.05, 0) is 33.6 Å². The second-order valence-electron chi connectivity index (χ2n) is 4.97. The second-order valence-corrected chi connectivity index (χ2v) is 4.97. The van der Waals surface area contributed by atoms with Gasteiger partial charge in [0.05, 0.1) is 5.92 Å². The Balaban J connectivity index is 2.49. The van der Waals surface area contributed by atoms with Crippen molar-refractivity contribution in [3.63, 3.8) is 0 Å². The van der Waals surface area contributed by atoms with Gasteiger partial charge in [0.25, 0.3) is 0 Å². The molecule has 15 heavy (non-hydrogen) atoms. The standard InChI is InChI=1S/C11H19NO3/c1-11(2,3)15-10(14)9-5-4-6-12(7-9)8-13/h8-9H,4-7H2,1-3H3. The van der Waals surface area contributed by atoms with E-state index in [4.69, 9.17) is 4.74 Å². The molecule has 0 aliphatic carbocycles. The Morgan fingerprint density at radius 3 is 2.67 bits per heavy atom. The maximum Gasteiger partial charge on any atom is 0.311 e. The van der Waals surface area contributed by atoms with Crippen LogP contribution in [-0.4, -0.2) is 36.0 Å². The Kier molecular flexibility index (Phi) is 3.72. The first-order valence-corrected chi connectivity index (χ1v) is 5.34. The minimum Gasteiger partial charge on any atom is -0.460 e. The molecule has 1 aliphatic heterocycles. The van der Waals surface area contributed by atoms with Crippen molar-refractivity contribution in [2.24, 2.45) is 5.92 Å². The Hall–Kier alpha value is -1.06. The molecule has 0 aromatic carbocycles. The van der Waals surface area contributed by atoms with Gasteiger partial charge < -0.3 is 9.64 Å². The van der Waals surface area contributed by atoms with Gasteiger partial charge in [0.2, 0.25) is 6.41 Å². The maximum absolute atomic E-state index is 11.7. The van der Waals surface area contributed by atoms with Crippen LogP contribution >= 0.6 is 0 Å². The zero-order chi connectivity index (χ0) is 11.5.